The van der Waals surface area contributed by atoms with Gasteiger partial charge in [-0.2, -0.15) is 0 Å². The Kier molecular flexibility index (Phi) is 7.75. The first-order valence-electron chi connectivity index (χ1n) is 9.06. The number of benzene rings is 2. The molecule has 0 fully saturated rings. The van der Waals surface area contributed by atoms with Crippen LogP contribution in [0.15, 0.2) is 54.6 Å². The van der Waals surface area contributed by atoms with Crippen molar-refractivity contribution in [3.8, 4) is 0 Å². The first-order chi connectivity index (χ1) is 13.3. The lowest BCUT2D eigenvalue weighted by atomic mass is 10.0. The van der Waals surface area contributed by atoms with Crippen LogP contribution < -0.4 is 5.32 Å². The zero-order valence-electron chi connectivity index (χ0n) is 16.1. The van der Waals surface area contributed by atoms with E-state index in [1.165, 1.54) is 12.1 Å². The number of carbonyl (C=O) groups is 2. The maximum absolute atomic E-state index is 12.2. The Bertz CT molecular complexity index is 892. The average Bonchev–Trinajstić information content (AvgIpc) is 2.66. The molecule has 2 aromatic carbocycles. The van der Waals surface area contributed by atoms with E-state index < -0.39 is 15.8 Å². The van der Waals surface area contributed by atoms with Crippen LogP contribution in [0.1, 0.15) is 47.3 Å². The predicted octanol–water partition coefficient (Wildman–Crippen LogP) is 3.05. The number of ether oxygens (including phenoxy) is 1. The molecule has 0 spiro atoms. The van der Waals surface area contributed by atoms with Gasteiger partial charge in [-0.3, -0.25) is 4.79 Å². The van der Waals surface area contributed by atoms with E-state index in [-0.39, 0.29) is 29.9 Å². The molecular weight excluding hydrogens is 378 g/mol. The maximum atomic E-state index is 12.2. The molecule has 0 saturated heterocycles. The summed E-state index contributed by atoms with van der Waals surface area (Å²) in [4.78, 5) is 24.3. The summed E-state index contributed by atoms with van der Waals surface area (Å²) in [5.74, 6) is -1.10. The number of hydrogen-bond donors (Lipinski definition) is 1. The topological polar surface area (TPSA) is 89.5 Å². The van der Waals surface area contributed by atoms with Crippen LogP contribution in [0, 0.1) is 0 Å². The van der Waals surface area contributed by atoms with Crippen LogP contribution in [0.25, 0.3) is 0 Å². The molecule has 0 bridgehead atoms. The quantitative estimate of drug-likeness (QED) is 0.650. The molecule has 150 valence electrons. The zero-order valence-corrected chi connectivity index (χ0v) is 16.9. The standard InChI is InChI=1S/C21H25NO5S/c1-3-7-19(17-8-5-4-6-9-17)22-20(23)14-27-21(24)18-12-10-16(11-13-18)15-28(2,25)26/h4-6,8-13,19H,3,7,14-15H2,1-2H3,(H,22,23)/t19-/m1/s1. The number of amides is 1. The molecule has 0 aliphatic rings. The second-order valence-corrected chi connectivity index (χ2v) is 8.80. The Morgan fingerprint density at radius 1 is 1.04 bits per heavy atom. The summed E-state index contributed by atoms with van der Waals surface area (Å²) in [7, 11) is -3.14. The Hall–Kier alpha value is -2.67. The Labute approximate surface area is 165 Å². The molecule has 1 N–H and O–H groups in total. The normalized spacial score (nSPS) is 12.2. The number of hydrogen-bond acceptors (Lipinski definition) is 5. The molecule has 0 saturated carbocycles. The third-order valence-corrected chi connectivity index (χ3v) is 4.93. The third-order valence-electron chi connectivity index (χ3n) is 4.07. The molecule has 0 radical (unpaired) electrons. The van der Waals surface area contributed by atoms with Crippen molar-refractivity contribution in [3.63, 3.8) is 0 Å². The number of esters is 1. The zero-order chi connectivity index (χ0) is 20.6. The number of nitrogens with one attached hydrogen (secondary N) is 1. The fourth-order valence-electron chi connectivity index (χ4n) is 2.79. The van der Waals surface area contributed by atoms with E-state index in [2.05, 4.69) is 5.32 Å². The molecule has 28 heavy (non-hydrogen) atoms. The molecule has 0 aliphatic carbocycles. The number of carbonyl (C=O) groups excluding carboxylic acids is 2. The molecule has 0 aliphatic heterocycles. The van der Waals surface area contributed by atoms with Gasteiger partial charge in [0.1, 0.15) is 0 Å². The van der Waals surface area contributed by atoms with Crippen LogP contribution in [0.5, 0.6) is 0 Å². The lowest BCUT2D eigenvalue weighted by molar-refractivity contribution is -0.125. The highest BCUT2D eigenvalue weighted by molar-refractivity contribution is 7.89. The van der Waals surface area contributed by atoms with Gasteiger partial charge in [-0.25, -0.2) is 13.2 Å². The van der Waals surface area contributed by atoms with Crippen molar-refractivity contribution in [3.05, 3.63) is 71.3 Å². The largest absolute Gasteiger partial charge is 0.452 e. The van der Waals surface area contributed by atoms with Gasteiger partial charge in [0.2, 0.25) is 0 Å². The van der Waals surface area contributed by atoms with Gasteiger partial charge in [0.05, 0.1) is 17.4 Å². The lowest BCUT2D eigenvalue weighted by Crippen LogP contribution is -2.32. The SMILES string of the molecule is CCC[C@@H](NC(=O)COC(=O)c1ccc(CS(C)(=O)=O)cc1)c1ccccc1. The van der Waals surface area contributed by atoms with Gasteiger partial charge in [-0.15, -0.1) is 0 Å². The molecular formula is C21H25NO5S. The Morgan fingerprint density at radius 2 is 1.68 bits per heavy atom. The Morgan fingerprint density at radius 3 is 2.25 bits per heavy atom. The van der Waals surface area contributed by atoms with Crippen molar-refractivity contribution in [1.29, 1.82) is 0 Å². The number of sulfone groups is 1. The molecule has 2 aromatic rings. The van der Waals surface area contributed by atoms with Gasteiger partial charge in [0, 0.05) is 6.26 Å². The fourth-order valence-corrected chi connectivity index (χ4v) is 3.58. The summed E-state index contributed by atoms with van der Waals surface area (Å²) in [6, 6.07) is 15.6. The van der Waals surface area contributed by atoms with Crippen LogP contribution in [0.4, 0.5) is 0 Å². The highest BCUT2D eigenvalue weighted by Crippen LogP contribution is 2.18. The van der Waals surface area contributed by atoms with Crippen molar-refractivity contribution >= 4 is 21.7 Å². The van der Waals surface area contributed by atoms with Crippen LogP contribution in [-0.2, 0) is 25.1 Å². The van der Waals surface area contributed by atoms with Crippen LogP contribution in [0.3, 0.4) is 0 Å². The predicted molar refractivity (Wildman–Crippen MR) is 108 cm³/mol. The molecule has 1 amide bonds. The van der Waals surface area contributed by atoms with E-state index in [4.69, 9.17) is 4.74 Å². The summed E-state index contributed by atoms with van der Waals surface area (Å²) in [6.07, 6.45) is 2.83. The first kappa shape index (κ1) is 21.6. The van der Waals surface area contributed by atoms with Gasteiger partial charge < -0.3 is 10.1 Å². The van der Waals surface area contributed by atoms with Gasteiger partial charge in [0.25, 0.3) is 5.91 Å². The molecule has 0 aromatic heterocycles. The van der Waals surface area contributed by atoms with Gasteiger partial charge in [0.15, 0.2) is 16.4 Å². The minimum atomic E-state index is -3.14. The van der Waals surface area contributed by atoms with E-state index in [0.717, 1.165) is 24.7 Å². The molecule has 6 nitrogen and oxygen atoms in total. The summed E-state index contributed by atoms with van der Waals surface area (Å²) in [6.45, 7) is 1.66. The van der Waals surface area contributed by atoms with Crippen molar-refractivity contribution in [1.82, 2.24) is 5.32 Å². The Balaban J connectivity index is 1.90. The minimum absolute atomic E-state index is 0.0942. The van der Waals surface area contributed by atoms with Crippen molar-refractivity contribution in [2.45, 2.75) is 31.6 Å². The van der Waals surface area contributed by atoms with E-state index in [1.807, 2.05) is 37.3 Å². The molecule has 0 heterocycles. The highest BCUT2D eigenvalue weighted by Gasteiger charge is 2.16. The highest BCUT2D eigenvalue weighted by atomic mass is 32.2. The van der Waals surface area contributed by atoms with Crippen LogP contribution in [0.2, 0.25) is 0 Å². The van der Waals surface area contributed by atoms with E-state index in [1.54, 1.807) is 12.1 Å². The summed E-state index contributed by atoms with van der Waals surface area (Å²) >= 11 is 0. The van der Waals surface area contributed by atoms with E-state index in [9.17, 15) is 18.0 Å². The average molecular weight is 404 g/mol. The smallest absolute Gasteiger partial charge is 0.338 e. The van der Waals surface area contributed by atoms with E-state index >= 15 is 0 Å². The maximum Gasteiger partial charge on any atom is 0.338 e. The molecule has 7 heteroatoms. The molecule has 1 atom stereocenters. The fraction of sp³-hybridized carbons (Fsp3) is 0.333. The van der Waals surface area contributed by atoms with Crippen molar-refractivity contribution in [2.75, 3.05) is 12.9 Å². The second-order valence-electron chi connectivity index (χ2n) is 6.66. The minimum Gasteiger partial charge on any atom is -0.452 e. The summed E-state index contributed by atoms with van der Waals surface area (Å²) in [5, 5.41) is 2.89. The number of rotatable bonds is 9. The van der Waals surface area contributed by atoms with Gasteiger partial charge in [-0.05, 0) is 29.7 Å². The summed E-state index contributed by atoms with van der Waals surface area (Å²) in [5.41, 5.74) is 1.85. The van der Waals surface area contributed by atoms with Crippen LogP contribution in [-0.4, -0.2) is 33.2 Å². The lowest BCUT2D eigenvalue weighted by Gasteiger charge is -2.18. The van der Waals surface area contributed by atoms with E-state index in [0.29, 0.717) is 5.56 Å². The first-order valence-corrected chi connectivity index (χ1v) is 11.1. The third kappa shape index (κ3) is 7.15. The van der Waals surface area contributed by atoms with Crippen molar-refractivity contribution in [2.24, 2.45) is 0 Å². The van der Waals surface area contributed by atoms with Crippen molar-refractivity contribution < 1.29 is 22.7 Å². The van der Waals surface area contributed by atoms with Crippen LogP contribution >= 0.6 is 0 Å². The monoisotopic (exact) mass is 403 g/mol. The molecule has 0 unspecified atom stereocenters. The van der Waals surface area contributed by atoms with Gasteiger partial charge >= 0.3 is 5.97 Å². The van der Waals surface area contributed by atoms with Gasteiger partial charge in [-0.1, -0.05) is 55.8 Å². The summed E-state index contributed by atoms with van der Waals surface area (Å²) < 4.78 is 27.7. The molecule has 2 rings (SSSR count). The second kappa shape index (κ2) is 10.0.